The fourth-order valence-corrected chi connectivity index (χ4v) is 3.47. The second-order valence-corrected chi connectivity index (χ2v) is 6.37. The number of furan rings is 1. The first-order valence-electron chi connectivity index (χ1n) is 8.15. The number of carbonyl (C=O) groups is 1. The number of anilines is 1. The van der Waals surface area contributed by atoms with Crippen LogP contribution in [0.1, 0.15) is 33.7 Å². The molecule has 3 nitrogen and oxygen atoms in total. The van der Waals surface area contributed by atoms with Crippen LogP contribution in [0.4, 0.5) is 10.1 Å². The lowest BCUT2D eigenvalue weighted by molar-refractivity contribution is 0.0959. The molecule has 0 radical (unpaired) electrons. The molecule has 24 heavy (non-hydrogen) atoms. The van der Waals surface area contributed by atoms with Gasteiger partial charge in [0.15, 0.2) is 17.2 Å². The molecular weight excluding hydrogens is 305 g/mol. The number of carbonyl (C=O) groups excluding carboxylic acids is 1. The van der Waals surface area contributed by atoms with Gasteiger partial charge >= 0.3 is 0 Å². The Morgan fingerprint density at radius 1 is 1.21 bits per heavy atom. The Balaban J connectivity index is 1.81. The quantitative estimate of drug-likeness (QED) is 0.645. The molecule has 2 aromatic carbocycles. The van der Waals surface area contributed by atoms with Crippen LogP contribution in [0.3, 0.4) is 0 Å². The monoisotopic (exact) mass is 323 g/mol. The zero-order valence-corrected chi connectivity index (χ0v) is 13.7. The summed E-state index contributed by atoms with van der Waals surface area (Å²) in [7, 11) is 0. The van der Waals surface area contributed by atoms with Crippen molar-refractivity contribution in [3.8, 4) is 0 Å². The van der Waals surface area contributed by atoms with E-state index in [0.717, 1.165) is 18.5 Å². The number of nitrogens with zero attached hydrogens (tertiary/aromatic N) is 1. The largest absolute Gasteiger partial charge is 0.448 e. The smallest absolute Gasteiger partial charge is 0.294 e. The molecule has 0 spiro atoms. The van der Waals surface area contributed by atoms with E-state index in [0.29, 0.717) is 17.5 Å². The average Bonchev–Trinajstić information content (AvgIpc) is 2.92. The summed E-state index contributed by atoms with van der Waals surface area (Å²) in [6.45, 7) is 4.50. The number of amides is 1. The van der Waals surface area contributed by atoms with Crippen LogP contribution in [0.15, 0.2) is 40.8 Å². The second kappa shape index (κ2) is 5.48. The minimum absolute atomic E-state index is 0.152. The lowest BCUT2D eigenvalue weighted by atomic mass is 9.99. The van der Waals surface area contributed by atoms with Gasteiger partial charge in [-0.2, -0.15) is 0 Å². The van der Waals surface area contributed by atoms with Crippen molar-refractivity contribution in [2.45, 2.75) is 26.7 Å². The number of benzene rings is 2. The highest BCUT2D eigenvalue weighted by atomic mass is 19.1. The van der Waals surface area contributed by atoms with E-state index in [-0.39, 0.29) is 17.3 Å². The first-order chi connectivity index (χ1) is 11.6. The molecule has 1 aliphatic heterocycles. The third kappa shape index (κ3) is 2.21. The van der Waals surface area contributed by atoms with Crippen LogP contribution < -0.4 is 4.90 Å². The summed E-state index contributed by atoms with van der Waals surface area (Å²) in [6, 6.07) is 10.9. The molecule has 0 atom stereocenters. The minimum atomic E-state index is -0.440. The van der Waals surface area contributed by atoms with Crippen molar-refractivity contribution in [2.75, 3.05) is 11.4 Å². The molecule has 0 bridgehead atoms. The Labute approximate surface area is 139 Å². The SMILES string of the molecule is Cc1ccc2c(c1)CCCN2C(=O)c1oc2c(F)cccc2c1C. The van der Waals surface area contributed by atoms with E-state index in [2.05, 4.69) is 6.07 Å². The van der Waals surface area contributed by atoms with Gasteiger partial charge < -0.3 is 9.32 Å². The lowest BCUT2D eigenvalue weighted by Crippen LogP contribution is -2.35. The second-order valence-electron chi connectivity index (χ2n) is 6.37. The van der Waals surface area contributed by atoms with E-state index < -0.39 is 5.82 Å². The highest BCUT2D eigenvalue weighted by Gasteiger charge is 2.28. The number of para-hydroxylation sites is 1. The van der Waals surface area contributed by atoms with E-state index in [9.17, 15) is 9.18 Å². The molecule has 4 rings (SSSR count). The van der Waals surface area contributed by atoms with Gasteiger partial charge in [0.05, 0.1) is 0 Å². The summed E-state index contributed by atoms with van der Waals surface area (Å²) in [6.07, 6.45) is 1.88. The van der Waals surface area contributed by atoms with Gasteiger partial charge in [-0.05, 0) is 44.4 Å². The summed E-state index contributed by atoms with van der Waals surface area (Å²) >= 11 is 0. The molecule has 122 valence electrons. The standard InChI is InChI=1S/C20H18FNO2/c1-12-8-9-17-14(11-12)5-4-10-22(17)20(23)18-13(2)15-6-3-7-16(21)19(15)24-18/h3,6-9,11H,4-5,10H2,1-2H3. The normalized spacial score (nSPS) is 14.0. The molecule has 0 fully saturated rings. The van der Waals surface area contributed by atoms with Crippen molar-refractivity contribution in [3.63, 3.8) is 0 Å². The summed E-state index contributed by atoms with van der Waals surface area (Å²) in [4.78, 5) is 14.8. The Morgan fingerprint density at radius 3 is 2.83 bits per heavy atom. The minimum Gasteiger partial charge on any atom is -0.448 e. The Kier molecular flexibility index (Phi) is 3.41. The zero-order valence-electron chi connectivity index (χ0n) is 13.7. The molecular formula is C20H18FNO2. The summed E-state index contributed by atoms with van der Waals surface area (Å²) in [5.41, 5.74) is 4.13. The summed E-state index contributed by atoms with van der Waals surface area (Å²) < 4.78 is 19.6. The van der Waals surface area contributed by atoms with E-state index in [4.69, 9.17) is 4.42 Å². The molecule has 2 heterocycles. The van der Waals surface area contributed by atoms with Crippen LogP contribution in [-0.4, -0.2) is 12.5 Å². The van der Waals surface area contributed by atoms with Crippen molar-refractivity contribution in [1.29, 1.82) is 0 Å². The van der Waals surface area contributed by atoms with Gasteiger partial charge in [-0.25, -0.2) is 4.39 Å². The molecule has 1 amide bonds. The zero-order chi connectivity index (χ0) is 16.8. The van der Waals surface area contributed by atoms with E-state index in [1.54, 1.807) is 24.0 Å². The third-order valence-corrected chi connectivity index (χ3v) is 4.71. The van der Waals surface area contributed by atoms with E-state index >= 15 is 0 Å². The highest BCUT2D eigenvalue weighted by molar-refractivity contribution is 6.08. The predicted octanol–water partition coefficient (Wildman–Crippen LogP) is 4.78. The maximum absolute atomic E-state index is 13.9. The number of fused-ring (bicyclic) bond motifs is 2. The summed E-state index contributed by atoms with van der Waals surface area (Å²) in [5, 5.41) is 0.652. The topological polar surface area (TPSA) is 33.5 Å². The van der Waals surface area contributed by atoms with E-state index in [1.807, 2.05) is 19.1 Å². The molecule has 0 unspecified atom stereocenters. The number of hydrogen-bond acceptors (Lipinski definition) is 2. The third-order valence-electron chi connectivity index (χ3n) is 4.71. The van der Waals surface area contributed by atoms with Gasteiger partial charge in [0, 0.05) is 23.2 Å². The van der Waals surface area contributed by atoms with Crippen molar-refractivity contribution >= 4 is 22.6 Å². The van der Waals surface area contributed by atoms with Crippen molar-refractivity contribution in [2.24, 2.45) is 0 Å². The molecule has 0 N–H and O–H groups in total. The predicted molar refractivity (Wildman–Crippen MR) is 92.1 cm³/mol. The van der Waals surface area contributed by atoms with Crippen LogP contribution in [0, 0.1) is 19.7 Å². The number of rotatable bonds is 1. The Hall–Kier alpha value is -2.62. The average molecular weight is 323 g/mol. The van der Waals surface area contributed by atoms with Crippen LogP contribution in [0.25, 0.3) is 11.0 Å². The molecule has 1 aromatic heterocycles. The molecule has 0 saturated carbocycles. The van der Waals surface area contributed by atoms with Gasteiger partial charge in [0.2, 0.25) is 0 Å². The van der Waals surface area contributed by atoms with Crippen LogP contribution in [0.2, 0.25) is 0 Å². The van der Waals surface area contributed by atoms with Gasteiger partial charge in [-0.3, -0.25) is 4.79 Å². The van der Waals surface area contributed by atoms with Crippen molar-refractivity contribution < 1.29 is 13.6 Å². The Bertz CT molecular complexity index is 958. The number of halogens is 1. The summed E-state index contributed by atoms with van der Waals surface area (Å²) in [5.74, 6) is -0.416. The first kappa shape index (κ1) is 14.9. The van der Waals surface area contributed by atoms with Crippen molar-refractivity contribution in [1.82, 2.24) is 0 Å². The fraction of sp³-hybridized carbons (Fsp3) is 0.250. The molecule has 3 aromatic rings. The van der Waals surface area contributed by atoms with Gasteiger partial charge in [-0.15, -0.1) is 0 Å². The van der Waals surface area contributed by atoms with Crippen LogP contribution in [0.5, 0.6) is 0 Å². The Morgan fingerprint density at radius 2 is 2.04 bits per heavy atom. The molecule has 0 saturated heterocycles. The molecule has 4 heteroatoms. The fourth-order valence-electron chi connectivity index (χ4n) is 3.47. The number of hydrogen-bond donors (Lipinski definition) is 0. The van der Waals surface area contributed by atoms with Gasteiger partial charge in [0.1, 0.15) is 0 Å². The lowest BCUT2D eigenvalue weighted by Gasteiger charge is -2.29. The van der Waals surface area contributed by atoms with Gasteiger partial charge in [-0.1, -0.05) is 29.8 Å². The molecule has 1 aliphatic rings. The number of aryl methyl sites for hydroxylation is 3. The maximum Gasteiger partial charge on any atom is 0.294 e. The molecule has 0 aliphatic carbocycles. The first-order valence-corrected chi connectivity index (χ1v) is 8.15. The van der Waals surface area contributed by atoms with Crippen LogP contribution in [-0.2, 0) is 6.42 Å². The maximum atomic E-state index is 13.9. The highest BCUT2D eigenvalue weighted by Crippen LogP contribution is 2.33. The van der Waals surface area contributed by atoms with Gasteiger partial charge in [0.25, 0.3) is 5.91 Å². The van der Waals surface area contributed by atoms with E-state index in [1.165, 1.54) is 17.2 Å². The van der Waals surface area contributed by atoms with Crippen LogP contribution >= 0.6 is 0 Å². The van der Waals surface area contributed by atoms with Crippen molar-refractivity contribution in [3.05, 3.63) is 64.7 Å².